The van der Waals surface area contributed by atoms with Gasteiger partial charge in [0.1, 0.15) is 22.7 Å². The van der Waals surface area contributed by atoms with Crippen molar-refractivity contribution in [3.05, 3.63) is 63.6 Å². The number of hydrogen-bond donors (Lipinski definition) is 2. The SMILES string of the molecule is NC(=NC(=O)OCC(Cl)(Cl)Cl)c1cccc(CN2CC[C@H](NS(=O)(=O)c3cc4c(Cl)cc(Cl)cc4s3)C2=O)c1. The zero-order valence-corrected chi connectivity index (χ0v) is 25.1. The molecule has 1 fully saturated rings. The monoisotopic (exact) mass is 670 g/mol. The van der Waals surface area contributed by atoms with E-state index in [2.05, 4.69) is 9.71 Å². The maximum atomic E-state index is 13.0. The molecule has 3 N–H and O–H groups in total. The summed E-state index contributed by atoms with van der Waals surface area (Å²) in [4.78, 5) is 30.0. The van der Waals surface area contributed by atoms with Crippen LogP contribution in [0.1, 0.15) is 17.5 Å². The number of hydrogen-bond acceptors (Lipinski definition) is 6. The Morgan fingerprint density at radius 2 is 1.95 bits per heavy atom. The molecule has 0 radical (unpaired) electrons. The smallest absolute Gasteiger partial charge is 0.435 e. The maximum absolute atomic E-state index is 13.0. The number of carbonyl (C=O) groups excluding carboxylic acids is 2. The lowest BCUT2D eigenvalue weighted by Gasteiger charge is -2.17. The van der Waals surface area contributed by atoms with E-state index in [0.717, 1.165) is 11.3 Å². The summed E-state index contributed by atoms with van der Waals surface area (Å²) in [6, 6.07) is 10.4. The second-order valence-electron chi connectivity index (χ2n) is 8.45. The Morgan fingerprint density at radius 1 is 1.21 bits per heavy atom. The number of nitrogens with two attached hydrogens (primary N) is 1. The summed E-state index contributed by atoms with van der Waals surface area (Å²) in [5.41, 5.74) is 7.01. The summed E-state index contributed by atoms with van der Waals surface area (Å²) in [7, 11) is -3.99. The molecule has 0 unspecified atom stereocenters. The molecule has 1 aromatic heterocycles. The molecular formula is C23H19Cl5N4O5S2. The second kappa shape index (κ2) is 12.0. The largest absolute Gasteiger partial charge is 0.443 e. The maximum Gasteiger partial charge on any atom is 0.435 e. The number of ether oxygens (including phenoxy) is 1. The van der Waals surface area contributed by atoms with Crippen molar-refractivity contribution in [1.29, 1.82) is 0 Å². The van der Waals surface area contributed by atoms with Crippen LogP contribution in [0.5, 0.6) is 0 Å². The number of amides is 2. The molecule has 1 atom stereocenters. The molecule has 4 rings (SSSR count). The van der Waals surface area contributed by atoms with Gasteiger partial charge < -0.3 is 15.4 Å². The summed E-state index contributed by atoms with van der Waals surface area (Å²) in [6.45, 7) is 0.0181. The van der Waals surface area contributed by atoms with Crippen LogP contribution in [-0.2, 0) is 26.1 Å². The molecule has 1 aliphatic rings. The number of nitrogens with zero attached hydrogens (tertiary/aromatic N) is 2. The number of alkyl halides is 3. The van der Waals surface area contributed by atoms with Crippen molar-refractivity contribution in [3.8, 4) is 0 Å². The summed E-state index contributed by atoms with van der Waals surface area (Å²) in [5, 5.41) is 1.29. The molecule has 1 aliphatic heterocycles. The number of benzene rings is 2. The number of halogens is 5. The minimum atomic E-state index is -3.99. The lowest BCUT2D eigenvalue weighted by atomic mass is 10.1. The highest BCUT2D eigenvalue weighted by Gasteiger charge is 2.35. The molecule has 0 saturated carbocycles. The van der Waals surface area contributed by atoms with Crippen molar-refractivity contribution in [2.24, 2.45) is 10.7 Å². The summed E-state index contributed by atoms with van der Waals surface area (Å²) < 4.78 is 32.2. The number of rotatable bonds is 7. The highest BCUT2D eigenvalue weighted by atomic mass is 35.6. The van der Waals surface area contributed by atoms with Gasteiger partial charge in [0.15, 0.2) is 0 Å². The van der Waals surface area contributed by atoms with Crippen LogP contribution < -0.4 is 10.5 Å². The zero-order valence-electron chi connectivity index (χ0n) is 19.7. The Hall–Kier alpha value is -1.83. The van der Waals surface area contributed by atoms with E-state index in [1.165, 1.54) is 17.0 Å². The fourth-order valence-corrected chi connectivity index (χ4v) is 7.34. The first-order chi connectivity index (χ1) is 18.2. The van der Waals surface area contributed by atoms with Crippen molar-refractivity contribution in [3.63, 3.8) is 0 Å². The predicted octanol–water partition coefficient (Wildman–Crippen LogP) is 5.50. The normalized spacial score (nSPS) is 16.7. The molecule has 208 valence electrons. The molecule has 3 aromatic rings. The Kier molecular flexibility index (Phi) is 9.24. The van der Waals surface area contributed by atoms with Gasteiger partial charge in [0.2, 0.25) is 9.70 Å². The average molecular weight is 673 g/mol. The number of aliphatic imine (C=N–C) groups is 1. The molecule has 0 aliphatic carbocycles. The van der Waals surface area contributed by atoms with Crippen LogP contribution in [0.4, 0.5) is 4.79 Å². The van der Waals surface area contributed by atoms with Gasteiger partial charge in [-0.15, -0.1) is 11.3 Å². The number of nitrogens with one attached hydrogen (secondary N) is 1. The van der Waals surface area contributed by atoms with Gasteiger partial charge in [-0.05, 0) is 36.2 Å². The van der Waals surface area contributed by atoms with Crippen molar-refractivity contribution in [2.45, 2.75) is 27.0 Å². The van der Waals surface area contributed by atoms with Crippen LogP contribution in [0.15, 0.2) is 51.7 Å². The van der Waals surface area contributed by atoms with Gasteiger partial charge in [0.05, 0.1) is 5.02 Å². The Balaban J connectivity index is 1.41. The van der Waals surface area contributed by atoms with E-state index in [1.54, 1.807) is 30.3 Å². The van der Waals surface area contributed by atoms with E-state index >= 15 is 0 Å². The number of thiophene rings is 1. The molecule has 2 aromatic carbocycles. The van der Waals surface area contributed by atoms with Gasteiger partial charge >= 0.3 is 6.09 Å². The van der Waals surface area contributed by atoms with Crippen molar-refractivity contribution in [2.75, 3.05) is 13.2 Å². The van der Waals surface area contributed by atoms with Crippen molar-refractivity contribution in [1.82, 2.24) is 9.62 Å². The van der Waals surface area contributed by atoms with Crippen LogP contribution in [-0.4, -0.2) is 54.1 Å². The standard InChI is InChI=1S/C23H19Cl5N4O5S2/c24-14-7-16(25)15-9-19(38-18(15)8-14)39(35,36)31-17-4-5-32(21(17)33)10-12-2-1-3-13(6-12)20(29)30-22(34)37-11-23(26,27)28/h1-3,6-9,17,31H,4-5,10-11H2,(H2,29,30,34)/t17-/m0/s1. The number of carbonyl (C=O) groups is 2. The van der Waals surface area contributed by atoms with Gasteiger partial charge in [0.25, 0.3) is 10.0 Å². The van der Waals surface area contributed by atoms with Crippen LogP contribution >= 0.6 is 69.3 Å². The summed E-state index contributed by atoms with van der Waals surface area (Å²) >= 11 is 29.9. The van der Waals surface area contributed by atoms with E-state index in [1.807, 2.05) is 0 Å². The van der Waals surface area contributed by atoms with Crippen molar-refractivity contribution < 1.29 is 22.7 Å². The molecule has 16 heteroatoms. The zero-order chi connectivity index (χ0) is 28.5. The fraction of sp³-hybridized carbons (Fsp3) is 0.261. The predicted molar refractivity (Wildman–Crippen MR) is 155 cm³/mol. The molecule has 1 saturated heterocycles. The van der Waals surface area contributed by atoms with Crippen LogP contribution in [0, 0.1) is 0 Å². The highest BCUT2D eigenvalue weighted by molar-refractivity contribution is 7.91. The van der Waals surface area contributed by atoms with Crippen LogP contribution in [0.25, 0.3) is 10.1 Å². The van der Waals surface area contributed by atoms with E-state index in [9.17, 15) is 18.0 Å². The van der Waals surface area contributed by atoms with Gasteiger partial charge in [-0.25, -0.2) is 13.2 Å². The number of fused-ring (bicyclic) bond motifs is 1. The average Bonchev–Trinajstić information content (AvgIpc) is 3.42. The minimum absolute atomic E-state index is 0.0303. The van der Waals surface area contributed by atoms with Crippen LogP contribution in [0.3, 0.4) is 0 Å². The molecule has 9 nitrogen and oxygen atoms in total. The number of sulfonamides is 1. The first-order valence-corrected chi connectivity index (χ1v) is 15.3. The second-order valence-corrected chi connectivity index (χ2v) is 14.8. The van der Waals surface area contributed by atoms with E-state index in [4.69, 9.17) is 68.5 Å². The third-order valence-electron chi connectivity index (χ3n) is 5.56. The van der Waals surface area contributed by atoms with E-state index in [-0.39, 0.29) is 28.9 Å². The fourth-order valence-electron chi connectivity index (χ4n) is 3.81. The third-order valence-corrected chi connectivity index (χ3v) is 9.44. The van der Waals surface area contributed by atoms with E-state index < -0.39 is 32.6 Å². The summed E-state index contributed by atoms with van der Waals surface area (Å²) in [6.07, 6.45) is -0.744. The van der Waals surface area contributed by atoms with Gasteiger partial charge in [0, 0.05) is 33.8 Å². The molecule has 2 heterocycles. The van der Waals surface area contributed by atoms with Crippen molar-refractivity contribution >= 4 is 107 Å². The lowest BCUT2D eigenvalue weighted by Crippen LogP contribution is -2.41. The summed E-state index contributed by atoms with van der Waals surface area (Å²) in [5.74, 6) is -0.502. The minimum Gasteiger partial charge on any atom is -0.443 e. The molecular weight excluding hydrogens is 654 g/mol. The van der Waals surface area contributed by atoms with Gasteiger partial charge in [-0.2, -0.15) is 9.71 Å². The number of amidine groups is 1. The topological polar surface area (TPSA) is 131 Å². The highest BCUT2D eigenvalue weighted by Crippen LogP contribution is 2.36. The Labute approximate surface area is 252 Å². The van der Waals surface area contributed by atoms with E-state index in [0.29, 0.717) is 37.8 Å². The lowest BCUT2D eigenvalue weighted by molar-refractivity contribution is -0.129. The first-order valence-electron chi connectivity index (χ1n) is 11.1. The Morgan fingerprint density at radius 3 is 2.67 bits per heavy atom. The molecule has 39 heavy (non-hydrogen) atoms. The quantitative estimate of drug-likeness (QED) is 0.194. The molecule has 0 spiro atoms. The van der Waals surface area contributed by atoms with Gasteiger partial charge in [-0.1, -0.05) is 76.2 Å². The number of likely N-dealkylation sites (tertiary alicyclic amines) is 1. The third kappa shape index (κ3) is 7.68. The Bertz CT molecular complexity index is 1570. The van der Waals surface area contributed by atoms with Crippen LogP contribution in [0.2, 0.25) is 10.0 Å². The molecule has 2 amide bonds. The first kappa shape index (κ1) is 30.1. The molecule has 0 bridgehead atoms. The van der Waals surface area contributed by atoms with Gasteiger partial charge in [-0.3, -0.25) is 4.79 Å².